The molecule has 0 aliphatic heterocycles. The highest BCUT2D eigenvalue weighted by Crippen LogP contribution is 2.61. The summed E-state index contributed by atoms with van der Waals surface area (Å²) < 4.78 is 0. The third-order valence-corrected chi connectivity index (χ3v) is 7.47. The van der Waals surface area contributed by atoms with E-state index in [-0.39, 0.29) is 29.1 Å². The Morgan fingerprint density at radius 3 is 2.68 bits per heavy atom. The normalized spacial score (nSPS) is 33.5. The zero-order valence-electron chi connectivity index (χ0n) is 15.6. The minimum absolute atomic E-state index is 0.216. The molecule has 0 amide bonds. The number of aliphatic hydroxyl groups is 1. The monoisotopic (exact) mass is 373 g/mol. The van der Waals surface area contributed by atoms with Crippen LogP contribution in [0.1, 0.15) is 42.5 Å². The fourth-order valence-electron chi connectivity index (χ4n) is 6.51. The van der Waals surface area contributed by atoms with E-state index in [0.29, 0.717) is 5.92 Å². The van der Waals surface area contributed by atoms with Crippen LogP contribution in [-0.4, -0.2) is 31.9 Å². The number of aliphatic hydroxyl groups excluding tert-OH is 1. The van der Waals surface area contributed by atoms with Gasteiger partial charge >= 0.3 is 0 Å². The van der Waals surface area contributed by atoms with Crippen molar-refractivity contribution in [1.29, 1.82) is 0 Å². The van der Waals surface area contributed by atoms with Crippen LogP contribution >= 0.6 is 0 Å². The number of ketones is 1. The first-order valence-electron chi connectivity index (χ1n) is 10.2. The topological polar surface area (TPSA) is 78.9 Å². The Labute approximate surface area is 163 Å². The maximum absolute atomic E-state index is 13.9. The van der Waals surface area contributed by atoms with Gasteiger partial charge in [0.05, 0.1) is 23.6 Å². The smallest absolute Gasteiger partial charge is 0.169 e. The van der Waals surface area contributed by atoms with Crippen LogP contribution in [0.25, 0.3) is 22.3 Å². The van der Waals surface area contributed by atoms with Crippen LogP contribution < -0.4 is 0 Å². The zero-order valence-corrected chi connectivity index (χ0v) is 15.6. The number of aromatic amines is 1. The number of fused-ring (bicyclic) bond motifs is 1. The lowest BCUT2D eigenvalue weighted by molar-refractivity contribution is -0.118. The van der Waals surface area contributed by atoms with Crippen LogP contribution in [0.2, 0.25) is 0 Å². The van der Waals surface area contributed by atoms with Crippen molar-refractivity contribution in [1.82, 2.24) is 15.0 Å². The first-order chi connectivity index (χ1) is 13.6. The quantitative estimate of drug-likeness (QED) is 0.680. The molecule has 4 bridgehead atoms. The van der Waals surface area contributed by atoms with Gasteiger partial charge in [-0.1, -0.05) is 24.3 Å². The largest absolute Gasteiger partial charge is 0.393 e. The number of nitrogens with zero attached hydrogens (tertiary/aromatic N) is 2. The standard InChI is InChI=1S/C23H23N3O2/c27-21-14-7-13-8-15(21)11-23(9-13,10-14)22(28)17-4-2-1-3-16(17)19-20-18(5-6-24-19)25-12-26-20/h1-6,12-15,21,27H,7-11H2,(H,25,26). The summed E-state index contributed by atoms with van der Waals surface area (Å²) in [5, 5.41) is 10.6. The predicted octanol–water partition coefficient (Wildman–Crippen LogP) is 3.99. The number of imidazole rings is 1. The second-order valence-corrected chi connectivity index (χ2v) is 9.07. The lowest BCUT2D eigenvalue weighted by atomic mass is 9.47. The Hall–Kier alpha value is -2.53. The summed E-state index contributed by atoms with van der Waals surface area (Å²) in [5.74, 6) is 1.40. The van der Waals surface area contributed by atoms with Crippen molar-refractivity contribution < 1.29 is 9.90 Å². The summed E-state index contributed by atoms with van der Waals surface area (Å²) in [6.45, 7) is 0. The van der Waals surface area contributed by atoms with Crippen molar-refractivity contribution in [2.24, 2.45) is 23.2 Å². The average Bonchev–Trinajstić information content (AvgIpc) is 3.20. The van der Waals surface area contributed by atoms with Crippen molar-refractivity contribution in [2.45, 2.75) is 38.2 Å². The van der Waals surface area contributed by atoms with Crippen molar-refractivity contribution in [3.63, 3.8) is 0 Å². The van der Waals surface area contributed by atoms with Crippen LogP contribution in [0, 0.1) is 23.2 Å². The highest BCUT2D eigenvalue weighted by atomic mass is 16.3. The molecule has 0 radical (unpaired) electrons. The number of nitrogens with one attached hydrogen (secondary N) is 1. The van der Waals surface area contributed by atoms with Crippen molar-refractivity contribution >= 4 is 16.8 Å². The summed E-state index contributed by atoms with van der Waals surface area (Å²) in [6, 6.07) is 9.73. The molecular weight excluding hydrogens is 350 g/mol. The molecule has 4 saturated carbocycles. The first kappa shape index (κ1) is 16.4. The van der Waals surface area contributed by atoms with Gasteiger partial charge in [0.2, 0.25) is 0 Å². The molecule has 142 valence electrons. The number of hydrogen-bond donors (Lipinski definition) is 2. The van der Waals surface area contributed by atoms with Gasteiger partial charge in [-0.15, -0.1) is 0 Å². The van der Waals surface area contributed by atoms with Gasteiger partial charge in [0, 0.05) is 22.7 Å². The van der Waals surface area contributed by atoms with Crippen LogP contribution in [0.4, 0.5) is 0 Å². The lowest BCUT2D eigenvalue weighted by Gasteiger charge is -2.58. The van der Waals surface area contributed by atoms with Crippen molar-refractivity contribution in [2.75, 3.05) is 0 Å². The molecule has 0 spiro atoms. The number of aromatic nitrogens is 3. The van der Waals surface area contributed by atoms with Crippen molar-refractivity contribution in [3.8, 4) is 11.3 Å². The van der Waals surface area contributed by atoms with E-state index < -0.39 is 0 Å². The Kier molecular flexibility index (Phi) is 3.37. The van der Waals surface area contributed by atoms with Gasteiger partial charge in [0.25, 0.3) is 0 Å². The van der Waals surface area contributed by atoms with E-state index in [2.05, 4.69) is 15.0 Å². The highest BCUT2D eigenvalue weighted by Gasteiger charge is 2.58. The summed E-state index contributed by atoms with van der Waals surface area (Å²) in [4.78, 5) is 26.1. The molecule has 7 rings (SSSR count). The summed E-state index contributed by atoms with van der Waals surface area (Å²) >= 11 is 0. The van der Waals surface area contributed by atoms with E-state index in [4.69, 9.17) is 0 Å². The van der Waals surface area contributed by atoms with E-state index in [0.717, 1.165) is 60.0 Å². The number of rotatable bonds is 3. The molecule has 1 aromatic carbocycles. The minimum atomic E-state index is -0.314. The second-order valence-electron chi connectivity index (χ2n) is 9.07. The molecule has 5 heteroatoms. The van der Waals surface area contributed by atoms with Gasteiger partial charge < -0.3 is 10.1 Å². The summed E-state index contributed by atoms with van der Waals surface area (Å²) in [5.41, 5.74) is 3.77. The molecule has 0 saturated heterocycles. The molecule has 28 heavy (non-hydrogen) atoms. The molecule has 4 aliphatic carbocycles. The first-order valence-corrected chi connectivity index (χ1v) is 10.2. The molecule has 4 aliphatic rings. The van der Waals surface area contributed by atoms with E-state index >= 15 is 0 Å². The number of Topliss-reactive ketones (excluding diaryl/α,β-unsaturated/α-hetero) is 1. The number of benzene rings is 1. The maximum atomic E-state index is 13.9. The minimum Gasteiger partial charge on any atom is -0.393 e. The van der Waals surface area contributed by atoms with E-state index in [9.17, 15) is 9.90 Å². The summed E-state index contributed by atoms with van der Waals surface area (Å²) in [7, 11) is 0. The molecule has 2 aromatic heterocycles. The molecule has 2 atom stereocenters. The van der Waals surface area contributed by atoms with Crippen LogP contribution in [0.15, 0.2) is 42.9 Å². The van der Waals surface area contributed by atoms with Crippen LogP contribution in [0.3, 0.4) is 0 Å². The number of H-pyrrole nitrogens is 1. The highest BCUT2D eigenvalue weighted by molar-refractivity contribution is 6.07. The third kappa shape index (κ3) is 2.20. The van der Waals surface area contributed by atoms with E-state index in [1.54, 1.807) is 12.5 Å². The number of carbonyl (C=O) groups excluding carboxylic acids is 1. The molecule has 2 N–H and O–H groups in total. The fraction of sp³-hybridized carbons (Fsp3) is 0.435. The molecule has 2 heterocycles. The molecule has 3 aromatic rings. The number of hydrogen-bond acceptors (Lipinski definition) is 4. The van der Waals surface area contributed by atoms with Gasteiger partial charge in [-0.3, -0.25) is 9.78 Å². The Morgan fingerprint density at radius 2 is 1.86 bits per heavy atom. The second kappa shape index (κ2) is 5.74. The van der Waals surface area contributed by atoms with Crippen molar-refractivity contribution in [3.05, 3.63) is 48.4 Å². The van der Waals surface area contributed by atoms with E-state index in [1.807, 2.05) is 30.3 Å². The molecular formula is C23H23N3O2. The van der Waals surface area contributed by atoms with Gasteiger partial charge in [0.1, 0.15) is 5.52 Å². The Balaban J connectivity index is 1.47. The van der Waals surface area contributed by atoms with Gasteiger partial charge in [-0.25, -0.2) is 4.98 Å². The van der Waals surface area contributed by atoms with Crippen LogP contribution in [-0.2, 0) is 0 Å². The molecule has 2 unspecified atom stereocenters. The van der Waals surface area contributed by atoms with Gasteiger partial charge in [-0.05, 0) is 55.9 Å². The SMILES string of the molecule is O=C(c1ccccc1-c1nccc2[nH]cnc12)C12CC3CC(C1)C(O)C(C3)C2. The number of pyridine rings is 1. The lowest BCUT2D eigenvalue weighted by Crippen LogP contribution is -2.56. The Morgan fingerprint density at radius 1 is 1.07 bits per heavy atom. The van der Waals surface area contributed by atoms with Gasteiger partial charge in [0.15, 0.2) is 5.78 Å². The zero-order chi connectivity index (χ0) is 18.9. The maximum Gasteiger partial charge on any atom is 0.169 e. The summed E-state index contributed by atoms with van der Waals surface area (Å²) in [6.07, 6.45) is 8.01. The number of carbonyl (C=O) groups is 1. The van der Waals surface area contributed by atoms with Gasteiger partial charge in [-0.2, -0.15) is 0 Å². The fourth-order valence-corrected chi connectivity index (χ4v) is 6.51. The molecule has 5 nitrogen and oxygen atoms in total. The molecule has 4 fully saturated rings. The average molecular weight is 373 g/mol. The predicted molar refractivity (Wildman–Crippen MR) is 106 cm³/mol. The Bertz CT molecular complexity index is 1070. The third-order valence-electron chi connectivity index (χ3n) is 7.47. The van der Waals surface area contributed by atoms with E-state index in [1.165, 1.54) is 0 Å². The van der Waals surface area contributed by atoms with Crippen LogP contribution in [0.5, 0.6) is 0 Å².